The number of thiophene rings is 1. The van der Waals surface area contributed by atoms with Crippen molar-refractivity contribution >= 4 is 49.6 Å². The second kappa shape index (κ2) is 5.34. The molecule has 0 saturated carbocycles. The van der Waals surface area contributed by atoms with Crippen molar-refractivity contribution in [3.8, 4) is 0 Å². The Balaban J connectivity index is 1.75. The Kier molecular flexibility index (Phi) is 3.73. The van der Waals surface area contributed by atoms with Crippen molar-refractivity contribution < 1.29 is 4.79 Å². The van der Waals surface area contributed by atoms with Crippen LogP contribution >= 0.6 is 38.6 Å². The molecule has 100 valence electrons. The van der Waals surface area contributed by atoms with Crippen molar-refractivity contribution in [1.29, 1.82) is 0 Å². The molecule has 0 saturated heterocycles. The third-order valence-corrected chi connectivity index (χ3v) is 5.86. The van der Waals surface area contributed by atoms with Crippen LogP contribution in [0.1, 0.15) is 33.6 Å². The highest BCUT2D eigenvalue weighted by atomic mass is 79.9. The molecule has 1 N–H and O–H groups in total. The van der Waals surface area contributed by atoms with E-state index in [0.29, 0.717) is 4.88 Å². The summed E-state index contributed by atoms with van der Waals surface area (Å²) in [6, 6.07) is 3.70. The fraction of sp³-hybridized carbons (Fsp3) is 0.385. The molecular formula is C13H13BrN2OS2. The van der Waals surface area contributed by atoms with E-state index in [0.717, 1.165) is 27.7 Å². The van der Waals surface area contributed by atoms with Crippen LogP contribution in [0.4, 0.5) is 5.13 Å². The number of halogens is 1. The largest absolute Gasteiger partial charge is 0.297 e. The van der Waals surface area contributed by atoms with E-state index in [1.54, 1.807) is 11.3 Å². The van der Waals surface area contributed by atoms with Crippen LogP contribution in [0.2, 0.25) is 0 Å². The first-order valence-corrected chi connectivity index (χ1v) is 8.59. The molecule has 0 fully saturated rings. The van der Waals surface area contributed by atoms with Gasteiger partial charge in [-0.2, -0.15) is 0 Å². The van der Waals surface area contributed by atoms with E-state index in [-0.39, 0.29) is 5.91 Å². The molecule has 1 aliphatic carbocycles. The van der Waals surface area contributed by atoms with Crippen LogP contribution in [0.3, 0.4) is 0 Å². The highest BCUT2D eigenvalue weighted by molar-refractivity contribution is 9.11. The number of hydrogen-bond acceptors (Lipinski definition) is 4. The Morgan fingerprint density at radius 1 is 1.47 bits per heavy atom. The number of hydrogen-bond donors (Lipinski definition) is 1. The molecule has 0 radical (unpaired) electrons. The molecular weight excluding hydrogens is 344 g/mol. The minimum Gasteiger partial charge on any atom is -0.297 e. The zero-order valence-corrected chi connectivity index (χ0v) is 13.6. The van der Waals surface area contributed by atoms with E-state index in [4.69, 9.17) is 0 Å². The van der Waals surface area contributed by atoms with E-state index in [1.165, 1.54) is 28.3 Å². The number of anilines is 1. The lowest BCUT2D eigenvalue weighted by atomic mass is 9.93. The topological polar surface area (TPSA) is 42.0 Å². The van der Waals surface area contributed by atoms with E-state index >= 15 is 0 Å². The Morgan fingerprint density at radius 2 is 2.32 bits per heavy atom. The molecule has 0 bridgehead atoms. The molecule has 2 aromatic heterocycles. The number of aryl methyl sites for hydroxylation is 1. The van der Waals surface area contributed by atoms with E-state index < -0.39 is 0 Å². The van der Waals surface area contributed by atoms with Crippen molar-refractivity contribution in [2.45, 2.75) is 26.2 Å². The molecule has 0 spiro atoms. The van der Waals surface area contributed by atoms with Gasteiger partial charge in [0.2, 0.25) is 0 Å². The Labute approximate surface area is 128 Å². The van der Waals surface area contributed by atoms with Gasteiger partial charge in [-0.1, -0.05) is 6.92 Å². The van der Waals surface area contributed by atoms with Crippen molar-refractivity contribution in [1.82, 2.24) is 4.98 Å². The zero-order valence-electron chi connectivity index (χ0n) is 10.4. The van der Waals surface area contributed by atoms with Gasteiger partial charge in [-0.05, 0) is 53.2 Å². The number of fused-ring (bicyclic) bond motifs is 1. The lowest BCUT2D eigenvalue weighted by molar-refractivity contribution is 0.103. The van der Waals surface area contributed by atoms with Gasteiger partial charge in [-0.3, -0.25) is 10.1 Å². The number of thiazole rings is 1. The molecule has 6 heteroatoms. The molecule has 0 aromatic carbocycles. The lowest BCUT2D eigenvalue weighted by Crippen LogP contribution is -2.10. The zero-order chi connectivity index (χ0) is 13.4. The molecule has 3 rings (SSSR count). The highest BCUT2D eigenvalue weighted by Crippen LogP contribution is 2.32. The number of aromatic nitrogens is 1. The quantitative estimate of drug-likeness (QED) is 0.869. The molecule has 0 aliphatic heterocycles. The summed E-state index contributed by atoms with van der Waals surface area (Å²) < 4.78 is 0.963. The third kappa shape index (κ3) is 2.90. The van der Waals surface area contributed by atoms with Gasteiger partial charge in [-0.25, -0.2) is 4.98 Å². The Morgan fingerprint density at radius 3 is 3.05 bits per heavy atom. The van der Waals surface area contributed by atoms with Gasteiger partial charge in [0.15, 0.2) is 5.13 Å². The first-order chi connectivity index (χ1) is 9.11. The first kappa shape index (κ1) is 13.3. The van der Waals surface area contributed by atoms with Crippen LogP contribution in [0.25, 0.3) is 0 Å². The molecule has 19 heavy (non-hydrogen) atoms. The number of amides is 1. The second-order valence-corrected chi connectivity index (χ2v) is 8.34. The van der Waals surface area contributed by atoms with Crippen molar-refractivity contribution in [2.75, 3.05) is 5.32 Å². The average molecular weight is 357 g/mol. The standard InChI is InChI=1S/C13H13BrN2OS2/c1-7-2-3-8-10(6-7)19-13(15-8)16-12(17)9-4-5-11(14)18-9/h4-5,7H,2-3,6H2,1H3,(H,15,16,17)/t7-/m0/s1. The maximum atomic E-state index is 12.0. The SMILES string of the molecule is C[C@H]1CCc2nc(NC(=O)c3ccc(Br)s3)sc2C1. The van der Waals surface area contributed by atoms with Crippen LogP contribution < -0.4 is 5.32 Å². The molecule has 0 unspecified atom stereocenters. The van der Waals surface area contributed by atoms with Gasteiger partial charge in [0.1, 0.15) is 0 Å². The smallest absolute Gasteiger partial charge is 0.267 e. The number of nitrogens with one attached hydrogen (secondary N) is 1. The van der Waals surface area contributed by atoms with E-state index in [9.17, 15) is 4.79 Å². The summed E-state index contributed by atoms with van der Waals surface area (Å²) in [6.45, 7) is 2.27. The maximum absolute atomic E-state index is 12.0. The van der Waals surface area contributed by atoms with Crippen LogP contribution in [0.5, 0.6) is 0 Å². The lowest BCUT2D eigenvalue weighted by Gasteiger charge is -2.15. The number of nitrogens with zero attached hydrogens (tertiary/aromatic N) is 1. The monoisotopic (exact) mass is 356 g/mol. The van der Waals surface area contributed by atoms with Crippen LogP contribution in [0, 0.1) is 5.92 Å². The van der Waals surface area contributed by atoms with E-state index in [1.807, 2.05) is 12.1 Å². The van der Waals surface area contributed by atoms with Crippen molar-refractivity contribution in [3.05, 3.63) is 31.4 Å². The van der Waals surface area contributed by atoms with Gasteiger partial charge in [-0.15, -0.1) is 22.7 Å². The molecule has 2 heterocycles. The molecule has 3 nitrogen and oxygen atoms in total. The average Bonchev–Trinajstić information content (AvgIpc) is 2.94. The summed E-state index contributed by atoms with van der Waals surface area (Å²) >= 11 is 6.41. The van der Waals surface area contributed by atoms with Crippen LogP contribution in [0.15, 0.2) is 15.9 Å². The minimum absolute atomic E-state index is 0.0742. The predicted molar refractivity (Wildman–Crippen MR) is 83.3 cm³/mol. The van der Waals surface area contributed by atoms with Crippen molar-refractivity contribution in [2.24, 2.45) is 5.92 Å². The van der Waals surface area contributed by atoms with Crippen LogP contribution in [-0.4, -0.2) is 10.9 Å². The summed E-state index contributed by atoms with van der Waals surface area (Å²) in [5.41, 5.74) is 1.17. The summed E-state index contributed by atoms with van der Waals surface area (Å²) in [4.78, 5) is 18.6. The Bertz CT molecular complexity index is 620. The Hall–Kier alpha value is -0.720. The fourth-order valence-corrected chi connectivity index (χ4v) is 4.64. The van der Waals surface area contributed by atoms with Gasteiger partial charge in [0, 0.05) is 4.88 Å². The molecule has 1 aliphatic rings. The number of carbonyl (C=O) groups is 1. The fourth-order valence-electron chi connectivity index (χ4n) is 2.19. The molecule has 1 amide bonds. The summed E-state index contributed by atoms with van der Waals surface area (Å²) in [6.07, 6.45) is 3.32. The summed E-state index contributed by atoms with van der Waals surface area (Å²) in [5.74, 6) is 0.652. The first-order valence-electron chi connectivity index (χ1n) is 6.17. The normalized spacial score (nSPS) is 18.1. The van der Waals surface area contributed by atoms with Gasteiger partial charge in [0.25, 0.3) is 5.91 Å². The molecule has 1 atom stereocenters. The highest BCUT2D eigenvalue weighted by Gasteiger charge is 2.20. The summed E-state index contributed by atoms with van der Waals surface area (Å²) in [5, 5.41) is 3.63. The second-order valence-electron chi connectivity index (χ2n) is 4.79. The van der Waals surface area contributed by atoms with Gasteiger partial charge in [0.05, 0.1) is 14.4 Å². The van der Waals surface area contributed by atoms with Gasteiger partial charge < -0.3 is 0 Å². The molecule has 2 aromatic rings. The third-order valence-electron chi connectivity index (χ3n) is 3.20. The van der Waals surface area contributed by atoms with Crippen LogP contribution in [-0.2, 0) is 12.8 Å². The van der Waals surface area contributed by atoms with Crippen molar-refractivity contribution in [3.63, 3.8) is 0 Å². The number of rotatable bonds is 2. The van der Waals surface area contributed by atoms with Gasteiger partial charge >= 0.3 is 0 Å². The maximum Gasteiger partial charge on any atom is 0.267 e. The summed E-state index contributed by atoms with van der Waals surface area (Å²) in [7, 11) is 0. The number of carbonyl (C=O) groups excluding carboxylic acids is 1. The predicted octanol–water partition coefficient (Wildman–Crippen LogP) is 4.34. The minimum atomic E-state index is -0.0742. The van der Waals surface area contributed by atoms with E-state index in [2.05, 4.69) is 33.2 Å².